The molecule has 0 bridgehead atoms. The highest BCUT2D eigenvalue weighted by Crippen LogP contribution is 2.15. The number of aliphatic hydroxyl groups is 1. The van der Waals surface area contributed by atoms with E-state index in [2.05, 4.69) is 172 Å². The fraction of sp³-hybridized carbons (Fsp3) is 0.606. The van der Waals surface area contributed by atoms with Crippen molar-refractivity contribution in [2.45, 2.75) is 264 Å². The molecule has 0 heterocycles. The third kappa shape index (κ3) is 62.1. The van der Waals surface area contributed by atoms with E-state index in [-0.39, 0.29) is 25.2 Å². The van der Waals surface area contributed by atoms with Crippen LogP contribution in [0.3, 0.4) is 0 Å². The molecule has 428 valence electrons. The maximum Gasteiger partial charge on any atom is 0.306 e. The van der Waals surface area contributed by atoms with E-state index >= 15 is 0 Å². The van der Waals surface area contributed by atoms with Gasteiger partial charge < -0.3 is 14.6 Å². The van der Waals surface area contributed by atoms with Crippen LogP contribution >= 0.6 is 0 Å². The predicted octanol–water partition coefficient (Wildman–Crippen LogP) is 21.5. The summed E-state index contributed by atoms with van der Waals surface area (Å²) < 4.78 is 10.7. The summed E-state index contributed by atoms with van der Waals surface area (Å²) in [5.74, 6) is -0.610. The van der Waals surface area contributed by atoms with Crippen molar-refractivity contribution in [2.24, 2.45) is 0 Å². The molecule has 1 atom stereocenters. The van der Waals surface area contributed by atoms with Gasteiger partial charge in [-0.2, -0.15) is 0 Å². The van der Waals surface area contributed by atoms with Crippen LogP contribution < -0.4 is 0 Å². The average molecular weight is 1050 g/mol. The SMILES string of the molecule is CC/C=C\C/C=C\C/C=C\C/C=C\C/C=C\C/C=C\C/C=C\C/C=C\C/C=C\CCCCCCCCCC(=O)OC(CO)COC(=O)CCCCCCCCCCCCCCCC/C=C\C/C=C\C/C=C\C/C=C\CC. The summed E-state index contributed by atoms with van der Waals surface area (Å²) in [6.07, 6.45) is 99.4. The van der Waals surface area contributed by atoms with E-state index in [9.17, 15) is 14.7 Å². The fourth-order valence-electron chi connectivity index (χ4n) is 8.25. The normalized spacial score (nSPS) is 13.4. The van der Waals surface area contributed by atoms with Crippen LogP contribution in [0.2, 0.25) is 0 Å². The molecule has 0 saturated carbocycles. The molecule has 5 nitrogen and oxygen atoms in total. The molecule has 0 aliphatic rings. The number of allylic oxidation sites excluding steroid dienone is 26. The van der Waals surface area contributed by atoms with Gasteiger partial charge in [0.1, 0.15) is 6.61 Å². The summed E-state index contributed by atoms with van der Waals surface area (Å²) in [5.41, 5.74) is 0. The lowest BCUT2D eigenvalue weighted by Gasteiger charge is -2.15. The molecule has 0 amide bonds. The molecular weight excluding hydrogens is 933 g/mol. The number of carbonyl (C=O) groups excluding carboxylic acids is 2. The second-order valence-electron chi connectivity index (χ2n) is 20.0. The molecule has 0 rings (SSSR count). The van der Waals surface area contributed by atoms with E-state index in [1.165, 1.54) is 103 Å². The Morgan fingerprint density at radius 2 is 0.526 bits per heavy atom. The van der Waals surface area contributed by atoms with E-state index in [0.717, 1.165) is 128 Å². The minimum atomic E-state index is -0.791. The van der Waals surface area contributed by atoms with Gasteiger partial charge in [-0.1, -0.05) is 281 Å². The second-order valence-corrected chi connectivity index (χ2v) is 20.0. The maximum atomic E-state index is 12.3. The molecule has 5 heteroatoms. The molecule has 0 aromatic rings. The van der Waals surface area contributed by atoms with E-state index < -0.39 is 6.10 Å². The van der Waals surface area contributed by atoms with Gasteiger partial charge in [0.2, 0.25) is 0 Å². The summed E-state index contributed by atoms with van der Waals surface area (Å²) in [5, 5.41) is 9.68. The monoisotopic (exact) mass is 1050 g/mol. The molecule has 1 N–H and O–H groups in total. The number of hydrogen-bond acceptors (Lipinski definition) is 5. The smallest absolute Gasteiger partial charge is 0.306 e. The van der Waals surface area contributed by atoms with Crippen molar-refractivity contribution in [3.05, 3.63) is 158 Å². The van der Waals surface area contributed by atoms with Crippen molar-refractivity contribution >= 4 is 11.9 Å². The maximum absolute atomic E-state index is 12.3. The van der Waals surface area contributed by atoms with Gasteiger partial charge in [0, 0.05) is 12.8 Å². The van der Waals surface area contributed by atoms with Crippen molar-refractivity contribution < 1.29 is 24.2 Å². The van der Waals surface area contributed by atoms with Crippen LogP contribution in [0.25, 0.3) is 0 Å². The first-order chi connectivity index (χ1) is 37.6. The zero-order chi connectivity index (χ0) is 54.8. The highest BCUT2D eigenvalue weighted by molar-refractivity contribution is 5.70. The molecule has 1 unspecified atom stereocenters. The fourth-order valence-corrected chi connectivity index (χ4v) is 8.25. The number of aliphatic hydroxyl groups excluding tert-OH is 1. The molecule has 0 aliphatic carbocycles. The first-order valence-corrected chi connectivity index (χ1v) is 31.0. The standard InChI is InChI=1S/C71H114O5/c1-3-5-7-9-11-13-15-17-19-21-23-25-27-29-31-32-33-34-35-36-37-38-40-42-44-46-48-50-52-54-56-58-60-62-64-66-71(74)76-69(67-72)68-75-70(73)65-63-61-59-57-55-53-51-49-47-45-43-41-39-30-28-26-24-22-20-18-16-14-12-10-8-6-4-2/h5-8,11-14,17-20,23-26,29,31,33-34,36-37,40,42,46,48,69,72H,3-4,9-10,15-16,21-22,27-28,30,32,35,38-39,41,43-45,47,49-68H2,1-2H3/b7-5-,8-6-,13-11-,14-12-,19-17-,20-18-,25-23-,26-24-,31-29-,34-33-,37-36-,42-40-,48-46-. The summed E-state index contributed by atoms with van der Waals surface area (Å²) in [7, 11) is 0. The van der Waals surface area contributed by atoms with E-state index in [0.29, 0.717) is 12.8 Å². The number of unbranched alkanes of at least 4 members (excludes halogenated alkanes) is 21. The first kappa shape index (κ1) is 71.5. The molecule has 0 aromatic carbocycles. The zero-order valence-electron chi connectivity index (χ0n) is 49.0. The van der Waals surface area contributed by atoms with Crippen LogP contribution in [0.4, 0.5) is 0 Å². The average Bonchev–Trinajstić information content (AvgIpc) is 3.42. The molecule has 0 fully saturated rings. The third-order valence-corrected chi connectivity index (χ3v) is 12.8. The Labute approximate surface area is 469 Å². The van der Waals surface area contributed by atoms with Gasteiger partial charge in [-0.3, -0.25) is 9.59 Å². The summed E-state index contributed by atoms with van der Waals surface area (Å²) in [6.45, 7) is 3.91. The number of carbonyl (C=O) groups is 2. The number of ether oxygens (including phenoxy) is 2. The van der Waals surface area contributed by atoms with Gasteiger partial charge >= 0.3 is 11.9 Å². The van der Waals surface area contributed by atoms with Gasteiger partial charge in [0.05, 0.1) is 6.61 Å². The van der Waals surface area contributed by atoms with Crippen LogP contribution in [-0.2, 0) is 19.1 Å². The highest BCUT2D eigenvalue weighted by Gasteiger charge is 2.16. The van der Waals surface area contributed by atoms with Crippen LogP contribution in [0, 0.1) is 0 Å². The summed E-state index contributed by atoms with van der Waals surface area (Å²) in [4.78, 5) is 24.6. The summed E-state index contributed by atoms with van der Waals surface area (Å²) in [6, 6.07) is 0. The Morgan fingerprint density at radius 3 is 0.789 bits per heavy atom. The molecule has 0 saturated heterocycles. The van der Waals surface area contributed by atoms with Crippen LogP contribution in [-0.4, -0.2) is 36.4 Å². The lowest BCUT2D eigenvalue weighted by Crippen LogP contribution is -2.28. The Balaban J connectivity index is 3.58. The van der Waals surface area contributed by atoms with E-state index in [4.69, 9.17) is 9.47 Å². The quantitative estimate of drug-likeness (QED) is 0.0373. The topological polar surface area (TPSA) is 72.8 Å². The minimum absolute atomic E-state index is 0.0793. The van der Waals surface area contributed by atoms with Crippen LogP contribution in [0.5, 0.6) is 0 Å². The molecule has 0 spiro atoms. The lowest BCUT2D eigenvalue weighted by molar-refractivity contribution is -0.161. The van der Waals surface area contributed by atoms with Crippen molar-refractivity contribution in [2.75, 3.05) is 13.2 Å². The zero-order valence-corrected chi connectivity index (χ0v) is 49.0. The van der Waals surface area contributed by atoms with Crippen molar-refractivity contribution in [1.82, 2.24) is 0 Å². The molecule has 0 radical (unpaired) electrons. The van der Waals surface area contributed by atoms with Crippen LogP contribution in [0.1, 0.15) is 258 Å². The molecule has 0 aromatic heterocycles. The molecule has 0 aliphatic heterocycles. The first-order valence-electron chi connectivity index (χ1n) is 31.0. The van der Waals surface area contributed by atoms with Crippen molar-refractivity contribution in [1.29, 1.82) is 0 Å². The van der Waals surface area contributed by atoms with Gasteiger partial charge in [0.15, 0.2) is 6.10 Å². The number of hydrogen-bond donors (Lipinski definition) is 1. The van der Waals surface area contributed by atoms with Crippen molar-refractivity contribution in [3.63, 3.8) is 0 Å². The number of esters is 2. The highest BCUT2D eigenvalue weighted by atomic mass is 16.6. The predicted molar refractivity (Wildman–Crippen MR) is 334 cm³/mol. The second kappa shape index (κ2) is 64.8. The Hall–Kier alpha value is -4.48. The van der Waals surface area contributed by atoms with Gasteiger partial charge in [-0.15, -0.1) is 0 Å². The third-order valence-electron chi connectivity index (χ3n) is 12.8. The molecule has 76 heavy (non-hydrogen) atoms. The Kier molecular flexibility index (Phi) is 61.0. The van der Waals surface area contributed by atoms with Gasteiger partial charge in [-0.25, -0.2) is 0 Å². The molecular formula is C71H114O5. The Morgan fingerprint density at radius 1 is 0.303 bits per heavy atom. The van der Waals surface area contributed by atoms with Crippen molar-refractivity contribution in [3.8, 4) is 0 Å². The number of rotatable bonds is 55. The van der Waals surface area contributed by atoms with E-state index in [1.54, 1.807) is 0 Å². The van der Waals surface area contributed by atoms with Gasteiger partial charge in [-0.05, 0) is 122 Å². The van der Waals surface area contributed by atoms with Crippen LogP contribution in [0.15, 0.2) is 158 Å². The summed E-state index contributed by atoms with van der Waals surface area (Å²) >= 11 is 0. The van der Waals surface area contributed by atoms with E-state index in [1.807, 2.05) is 0 Å². The van der Waals surface area contributed by atoms with Gasteiger partial charge in [0.25, 0.3) is 0 Å². The largest absolute Gasteiger partial charge is 0.462 e. The minimum Gasteiger partial charge on any atom is -0.462 e. The lowest BCUT2D eigenvalue weighted by atomic mass is 10.0. The Bertz CT molecular complexity index is 1660.